The summed E-state index contributed by atoms with van der Waals surface area (Å²) in [6, 6.07) is 0. The van der Waals surface area contributed by atoms with Crippen LogP contribution in [0.15, 0.2) is 48.1 Å². The standard InChI is InChI=1S/C22H36O2/c1-18-12-13-20(23)17-19(18)11-8-6-7-9-14-21(2,3)15-10-16-22(4,5)24/h6,8,10-11,16,20,23-24H,1,7,9,12-15,17H2,2-5H3/t20-/m0/s1. The third-order valence-electron chi connectivity index (χ3n) is 4.54. The highest BCUT2D eigenvalue weighted by molar-refractivity contribution is 5.34. The predicted octanol–water partition coefficient (Wildman–Crippen LogP) is 5.48. The van der Waals surface area contributed by atoms with E-state index in [1.54, 1.807) is 13.8 Å². The smallest absolute Gasteiger partial charge is 0.0771 e. The van der Waals surface area contributed by atoms with E-state index >= 15 is 0 Å². The number of rotatable bonds is 8. The lowest BCUT2D eigenvalue weighted by Crippen LogP contribution is -2.15. The molecule has 24 heavy (non-hydrogen) atoms. The van der Waals surface area contributed by atoms with E-state index in [-0.39, 0.29) is 11.5 Å². The zero-order chi connectivity index (χ0) is 18.2. The van der Waals surface area contributed by atoms with Crippen molar-refractivity contribution in [1.82, 2.24) is 0 Å². The van der Waals surface area contributed by atoms with Gasteiger partial charge in [0.25, 0.3) is 0 Å². The van der Waals surface area contributed by atoms with Crippen LogP contribution < -0.4 is 0 Å². The van der Waals surface area contributed by atoms with E-state index < -0.39 is 5.60 Å². The van der Waals surface area contributed by atoms with Gasteiger partial charge < -0.3 is 10.2 Å². The van der Waals surface area contributed by atoms with Crippen LogP contribution >= 0.6 is 0 Å². The predicted molar refractivity (Wildman–Crippen MR) is 104 cm³/mol. The maximum Gasteiger partial charge on any atom is 0.0771 e. The van der Waals surface area contributed by atoms with Gasteiger partial charge in [-0.25, -0.2) is 0 Å². The molecule has 136 valence electrons. The summed E-state index contributed by atoms with van der Waals surface area (Å²) in [4.78, 5) is 0. The summed E-state index contributed by atoms with van der Waals surface area (Å²) in [6.07, 6.45) is 17.1. The monoisotopic (exact) mass is 332 g/mol. The molecule has 1 atom stereocenters. The first kappa shape index (κ1) is 20.9. The molecule has 1 aliphatic carbocycles. The Hall–Kier alpha value is -1.12. The summed E-state index contributed by atoms with van der Waals surface area (Å²) in [6.45, 7) is 12.2. The van der Waals surface area contributed by atoms with Crippen molar-refractivity contribution >= 4 is 0 Å². The van der Waals surface area contributed by atoms with Crippen LogP contribution in [0.1, 0.15) is 72.6 Å². The molecule has 1 aliphatic rings. The highest BCUT2D eigenvalue weighted by Gasteiger charge is 2.17. The van der Waals surface area contributed by atoms with Gasteiger partial charge in [0.1, 0.15) is 0 Å². The number of allylic oxidation sites excluding steroid dienone is 5. The summed E-state index contributed by atoms with van der Waals surface area (Å²) < 4.78 is 0. The van der Waals surface area contributed by atoms with Crippen molar-refractivity contribution in [3.05, 3.63) is 48.1 Å². The fraction of sp³-hybridized carbons (Fsp3) is 0.636. The molecule has 1 saturated carbocycles. The number of hydrogen-bond donors (Lipinski definition) is 2. The molecular formula is C22H36O2. The van der Waals surface area contributed by atoms with Crippen molar-refractivity contribution in [3.63, 3.8) is 0 Å². The van der Waals surface area contributed by atoms with E-state index in [0.29, 0.717) is 0 Å². The molecule has 0 saturated heterocycles. The Morgan fingerprint density at radius 2 is 1.92 bits per heavy atom. The normalized spacial score (nSPS) is 22.2. The van der Waals surface area contributed by atoms with Crippen molar-refractivity contribution in [2.24, 2.45) is 5.41 Å². The molecule has 0 aromatic heterocycles. The van der Waals surface area contributed by atoms with E-state index in [2.05, 4.69) is 44.7 Å². The number of hydrogen-bond acceptors (Lipinski definition) is 2. The second-order valence-corrected chi connectivity index (χ2v) is 8.44. The van der Waals surface area contributed by atoms with Gasteiger partial charge in [-0.05, 0) is 69.8 Å². The first-order valence-electron chi connectivity index (χ1n) is 9.21. The minimum atomic E-state index is -0.719. The maximum absolute atomic E-state index is 9.72. The van der Waals surface area contributed by atoms with Gasteiger partial charge in [-0.1, -0.05) is 56.4 Å². The summed E-state index contributed by atoms with van der Waals surface area (Å²) in [5.41, 5.74) is 1.91. The van der Waals surface area contributed by atoms with Gasteiger partial charge in [0.2, 0.25) is 0 Å². The first-order chi connectivity index (χ1) is 11.1. The van der Waals surface area contributed by atoms with Gasteiger partial charge in [0.15, 0.2) is 0 Å². The minimum Gasteiger partial charge on any atom is -0.393 e. The topological polar surface area (TPSA) is 40.5 Å². The Kier molecular flexibility index (Phi) is 8.18. The molecule has 2 N–H and O–H groups in total. The van der Waals surface area contributed by atoms with Gasteiger partial charge in [0, 0.05) is 0 Å². The number of unbranched alkanes of at least 4 members (excludes halogenated alkanes) is 1. The summed E-state index contributed by atoms with van der Waals surface area (Å²) in [7, 11) is 0. The largest absolute Gasteiger partial charge is 0.393 e. The van der Waals surface area contributed by atoms with Gasteiger partial charge in [-0.3, -0.25) is 0 Å². The van der Waals surface area contributed by atoms with Crippen LogP contribution in [0.4, 0.5) is 0 Å². The SMILES string of the molecule is C=C1CC[C@H](O)CC1=CC=CCCCC(C)(C)CC=CC(C)(C)O. The fourth-order valence-corrected chi connectivity index (χ4v) is 2.93. The van der Waals surface area contributed by atoms with Crippen LogP contribution in [0.5, 0.6) is 0 Å². The molecule has 0 radical (unpaired) electrons. The van der Waals surface area contributed by atoms with Crippen molar-refractivity contribution in [2.75, 3.05) is 0 Å². The van der Waals surface area contributed by atoms with Crippen LogP contribution in [-0.4, -0.2) is 21.9 Å². The maximum atomic E-state index is 9.72. The number of aliphatic hydroxyl groups excluding tert-OH is 1. The van der Waals surface area contributed by atoms with E-state index in [0.717, 1.165) is 44.9 Å². The molecule has 0 bridgehead atoms. The quantitative estimate of drug-likeness (QED) is 0.456. The third-order valence-corrected chi connectivity index (χ3v) is 4.54. The lowest BCUT2D eigenvalue weighted by Gasteiger charge is -2.23. The van der Waals surface area contributed by atoms with E-state index in [1.165, 1.54) is 11.1 Å². The molecule has 0 aliphatic heterocycles. The Morgan fingerprint density at radius 1 is 1.21 bits per heavy atom. The van der Waals surface area contributed by atoms with Crippen LogP contribution in [-0.2, 0) is 0 Å². The van der Waals surface area contributed by atoms with E-state index in [9.17, 15) is 10.2 Å². The second-order valence-electron chi connectivity index (χ2n) is 8.44. The highest BCUT2D eigenvalue weighted by atomic mass is 16.3. The number of aliphatic hydroxyl groups is 2. The molecule has 0 unspecified atom stereocenters. The Bertz CT molecular complexity index is 487. The van der Waals surface area contributed by atoms with Crippen LogP contribution in [0.2, 0.25) is 0 Å². The lowest BCUT2D eigenvalue weighted by molar-refractivity contribution is 0.132. The summed E-state index contributed by atoms with van der Waals surface area (Å²) in [5, 5.41) is 19.4. The zero-order valence-corrected chi connectivity index (χ0v) is 16.0. The highest BCUT2D eigenvalue weighted by Crippen LogP contribution is 2.29. The second kappa shape index (κ2) is 9.39. The first-order valence-corrected chi connectivity index (χ1v) is 9.21. The average molecular weight is 333 g/mol. The molecular weight excluding hydrogens is 296 g/mol. The van der Waals surface area contributed by atoms with E-state index in [4.69, 9.17) is 0 Å². The van der Waals surface area contributed by atoms with Crippen LogP contribution in [0, 0.1) is 5.41 Å². The molecule has 1 fully saturated rings. The van der Waals surface area contributed by atoms with Crippen molar-refractivity contribution in [1.29, 1.82) is 0 Å². The molecule has 0 aromatic carbocycles. The Morgan fingerprint density at radius 3 is 2.58 bits per heavy atom. The van der Waals surface area contributed by atoms with Gasteiger partial charge in [0.05, 0.1) is 11.7 Å². The molecule has 2 heteroatoms. The lowest BCUT2D eigenvalue weighted by atomic mass is 9.83. The minimum absolute atomic E-state index is 0.201. The fourth-order valence-electron chi connectivity index (χ4n) is 2.93. The Labute approximate surface area is 148 Å². The third kappa shape index (κ3) is 9.24. The zero-order valence-electron chi connectivity index (χ0n) is 16.0. The van der Waals surface area contributed by atoms with Gasteiger partial charge in [-0.15, -0.1) is 0 Å². The summed E-state index contributed by atoms with van der Waals surface area (Å²) >= 11 is 0. The van der Waals surface area contributed by atoms with Crippen molar-refractivity contribution in [3.8, 4) is 0 Å². The van der Waals surface area contributed by atoms with Gasteiger partial charge in [-0.2, -0.15) is 0 Å². The molecule has 0 aromatic rings. The van der Waals surface area contributed by atoms with Crippen molar-refractivity contribution < 1.29 is 10.2 Å². The van der Waals surface area contributed by atoms with Crippen molar-refractivity contribution in [2.45, 2.75) is 84.3 Å². The van der Waals surface area contributed by atoms with Crippen LogP contribution in [0.3, 0.4) is 0 Å². The Balaban J connectivity index is 2.31. The molecule has 0 heterocycles. The molecule has 0 spiro atoms. The molecule has 2 nitrogen and oxygen atoms in total. The van der Waals surface area contributed by atoms with Crippen LogP contribution in [0.25, 0.3) is 0 Å². The molecule has 1 rings (SSSR count). The summed E-state index contributed by atoms with van der Waals surface area (Å²) in [5.74, 6) is 0. The molecule has 0 amide bonds. The van der Waals surface area contributed by atoms with Gasteiger partial charge >= 0.3 is 0 Å². The average Bonchev–Trinajstić information content (AvgIpc) is 2.44. The van der Waals surface area contributed by atoms with E-state index in [1.807, 2.05) is 6.08 Å².